The molecule has 0 saturated heterocycles. The Hall–Kier alpha value is -2.64. The molecule has 29 heavy (non-hydrogen) atoms. The van der Waals surface area contributed by atoms with Crippen LogP contribution in [0.15, 0.2) is 54.0 Å². The summed E-state index contributed by atoms with van der Waals surface area (Å²) in [6.07, 6.45) is 2.16. The van der Waals surface area contributed by atoms with Crippen LogP contribution < -0.4 is 5.32 Å². The Morgan fingerprint density at radius 3 is 2.45 bits per heavy atom. The van der Waals surface area contributed by atoms with Crippen LogP contribution in [0.1, 0.15) is 36.9 Å². The summed E-state index contributed by atoms with van der Waals surface area (Å²) in [5.74, 6) is -1.95. The molecule has 0 aliphatic heterocycles. The molecule has 1 heterocycles. The van der Waals surface area contributed by atoms with Crippen LogP contribution >= 0.6 is 11.3 Å². The summed E-state index contributed by atoms with van der Waals surface area (Å²) in [7, 11) is 0. The molecule has 0 fully saturated rings. The summed E-state index contributed by atoms with van der Waals surface area (Å²) in [6, 6.07) is 9.46. The predicted octanol–water partition coefficient (Wildman–Crippen LogP) is 5.27. The number of aliphatic carboxylic acids is 1. The van der Waals surface area contributed by atoms with Crippen LogP contribution in [-0.4, -0.2) is 22.1 Å². The van der Waals surface area contributed by atoms with Crippen LogP contribution in [0.2, 0.25) is 0 Å². The van der Waals surface area contributed by atoms with E-state index in [1.807, 2.05) is 31.4 Å². The number of hydrogen-bond donors (Lipinski definition) is 2. The third-order valence-electron chi connectivity index (χ3n) is 4.56. The number of nitrogens with one attached hydrogen (secondary N) is 1. The molecule has 1 aromatic heterocycles. The molecule has 0 aliphatic carbocycles. The topological polar surface area (TPSA) is 62.2 Å². The summed E-state index contributed by atoms with van der Waals surface area (Å²) < 4.78 is 27.2. The molecular formula is C22H22F2N2O2S. The zero-order valence-electron chi connectivity index (χ0n) is 16.1. The van der Waals surface area contributed by atoms with E-state index in [0.717, 1.165) is 16.6 Å². The average Bonchev–Trinajstić information content (AvgIpc) is 3.19. The average molecular weight is 416 g/mol. The first kappa shape index (κ1) is 21.1. The van der Waals surface area contributed by atoms with Crippen molar-refractivity contribution in [3.8, 4) is 11.1 Å². The summed E-state index contributed by atoms with van der Waals surface area (Å²) in [5, 5.41) is 15.4. The van der Waals surface area contributed by atoms with Crippen LogP contribution in [0, 0.1) is 17.6 Å². The Morgan fingerprint density at radius 2 is 1.90 bits per heavy atom. The fraction of sp³-hybridized carbons (Fsp3) is 0.273. The van der Waals surface area contributed by atoms with Gasteiger partial charge in [-0.05, 0) is 35.6 Å². The van der Waals surface area contributed by atoms with E-state index in [1.165, 1.54) is 23.5 Å². The van der Waals surface area contributed by atoms with Gasteiger partial charge in [0.2, 0.25) is 0 Å². The number of carboxylic acid groups (broad SMARTS) is 1. The van der Waals surface area contributed by atoms with Crippen molar-refractivity contribution in [2.75, 3.05) is 0 Å². The van der Waals surface area contributed by atoms with E-state index in [1.54, 1.807) is 18.3 Å². The minimum Gasteiger partial charge on any atom is -0.480 e. The van der Waals surface area contributed by atoms with E-state index in [4.69, 9.17) is 0 Å². The molecule has 152 valence electrons. The number of thiazole rings is 1. The largest absolute Gasteiger partial charge is 0.480 e. The molecule has 3 rings (SSSR count). The van der Waals surface area contributed by atoms with Crippen molar-refractivity contribution >= 4 is 17.3 Å². The van der Waals surface area contributed by atoms with Crippen molar-refractivity contribution in [3.63, 3.8) is 0 Å². The molecule has 1 unspecified atom stereocenters. The third kappa shape index (κ3) is 5.25. The van der Waals surface area contributed by atoms with Gasteiger partial charge in [-0.15, -0.1) is 11.3 Å². The normalized spacial score (nSPS) is 13.4. The molecule has 0 radical (unpaired) electrons. The van der Waals surface area contributed by atoms with Crippen LogP contribution in [0.3, 0.4) is 0 Å². The molecule has 2 N–H and O–H groups in total. The lowest BCUT2D eigenvalue weighted by Gasteiger charge is -2.23. The van der Waals surface area contributed by atoms with E-state index in [-0.39, 0.29) is 5.92 Å². The highest BCUT2D eigenvalue weighted by atomic mass is 32.1. The Kier molecular flexibility index (Phi) is 6.71. The van der Waals surface area contributed by atoms with Crippen LogP contribution in [0.5, 0.6) is 0 Å². The Labute approximate surface area is 172 Å². The molecule has 0 aliphatic rings. The smallest absolute Gasteiger partial charge is 0.320 e. The third-order valence-corrected chi connectivity index (χ3v) is 5.40. The maximum absolute atomic E-state index is 14.1. The number of aromatic nitrogens is 1. The van der Waals surface area contributed by atoms with Crippen molar-refractivity contribution in [2.24, 2.45) is 5.92 Å². The van der Waals surface area contributed by atoms with Gasteiger partial charge in [0, 0.05) is 23.2 Å². The minimum absolute atomic E-state index is 0.212. The molecule has 2 aromatic carbocycles. The van der Waals surface area contributed by atoms with Gasteiger partial charge in [-0.3, -0.25) is 10.1 Å². The number of carbonyl (C=O) groups is 1. The SMILES string of the molecule is CC(C)C[C@H](NC(c1ccc(-c2ccc(F)cc2F)cc1)c1nccs1)C(=O)O. The summed E-state index contributed by atoms with van der Waals surface area (Å²) >= 11 is 1.43. The monoisotopic (exact) mass is 416 g/mol. The lowest BCUT2D eigenvalue weighted by Crippen LogP contribution is -2.40. The Bertz CT molecular complexity index is 959. The van der Waals surface area contributed by atoms with E-state index in [2.05, 4.69) is 10.3 Å². The van der Waals surface area contributed by atoms with Crippen molar-refractivity contribution in [2.45, 2.75) is 32.4 Å². The number of nitrogens with zero attached hydrogens (tertiary/aromatic N) is 1. The van der Waals surface area contributed by atoms with Crippen molar-refractivity contribution < 1.29 is 18.7 Å². The van der Waals surface area contributed by atoms with Crippen molar-refractivity contribution in [3.05, 3.63) is 76.2 Å². The second-order valence-corrected chi connectivity index (χ2v) is 8.16. The first-order valence-electron chi connectivity index (χ1n) is 9.28. The first-order chi connectivity index (χ1) is 13.8. The van der Waals surface area contributed by atoms with Gasteiger partial charge in [0.05, 0.1) is 6.04 Å². The molecule has 2 atom stereocenters. The van der Waals surface area contributed by atoms with Gasteiger partial charge in [0.1, 0.15) is 22.7 Å². The number of halogens is 2. The molecular weight excluding hydrogens is 394 g/mol. The summed E-state index contributed by atoms with van der Waals surface area (Å²) in [4.78, 5) is 16.1. The van der Waals surface area contributed by atoms with E-state index in [0.29, 0.717) is 17.5 Å². The maximum Gasteiger partial charge on any atom is 0.320 e. The fourth-order valence-corrected chi connectivity index (χ4v) is 3.90. The first-order valence-corrected chi connectivity index (χ1v) is 10.2. The van der Waals surface area contributed by atoms with Gasteiger partial charge >= 0.3 is 5.97 Å². The van der Waals surface area contributed by atoms with Gasteiger partial charge in [-0.25, -0.2) is 13.8 Å². The minimum atomic E-state index is -0.912. The Morgan fingerprint density at radius 1 is 1.17 bits per heavy atom. The highest BCUT2D eigenvalue weighted by Gasteiger charge is 2.26. The van der Waals surface area contributed by atoms with E-state index >= 15 is 0 Å². The standard InChI is InChI=1S/C22H22F2N2O2S/c1-13(2)11-19(22(27)28)26-20(21-25-9-10-29-21)15-5-3-14(4-6-15)17-8-7-16(23)12-18(17)24/h3-10,12-13,19-20,26H,11H2,1-2H3,(H,27,28)/t19-,20?/m0/s1. The fourth-order valence-electron chi connectivity index (χ4n) is 3.18. The highest BCUT2D eigenvalue weighted by Crippen LogP contribution is 2.29. The molecule has 0 spiro atoms. The second kappa shape index (κ2) is 9.24. The molecule has 7 heteroatoms. The van der Waals surface area contributed by atoms with Crippen LogP contribution in [-0.2, 0) is 4.79 Å². The number of benzene rings is 2. The highest BCUT2D eigenvalue weighted by molar-refractivity contribution is 7.09. The van der Waals surface area contributed by atoms with Crippen LogP contribution in [0.25, 0.3) is 11.1 Å². The lowest BCUT2D eigenvalue weighted by atomic mass is 9.98. The van der Waals surface area contributed by atoms with E-state index < -0.39 is 29.7 Å². The van der Waals surface area contributed by atoms with Crippen molar-refractivity contribution in [1.29, 1.82) is 0 Å². The van der Waals surface area contributed by atoms with Gasteiger partial charge < -0.3 is 5.11 Å². The lowest BCUT2D eigenvalue weighted by molar-refractivity contribution is -0.140. The summed E-state index contributed by atoms with van der Waals surface area (Å²) in [6.45, 7) is 3.95. The summed E-state index contributed by atoms with van der Waals surface area (Å²) in [5.41, 5.74) is 1.74. The predicted molar refractivity (Wildman–Crippen MR) is 110 cm³/mol. The quantitative estimate of drug-likeness (QED) is 0.525. The van der Waals surface area contributed by atoms with Gasteiger partial charge in [-0.1, -0.05) is 38.1 Å². The molecule has 0 amide bonds. The van der Waals surface area contributed by atoms with Crippen molar-refractivity contribution in [1.82, 2.24) is 10.3 Å². The second-order valence-electron chi connectivity index (χ2n) is 7.24. The van der Waals surface area contributed by atoms with Crippen LogP contribution in [0.4, 0.5) is 8.78 Å². The number of hydrogen-bond acceptors (Lipinski definition) is 4. The van der Waals surface area contributed by atoms with Gasteiger partial charge in [0.25, 0.3) is 0 Å². The number of rotatable bonds is 8. The van der Waals surface area contributed by atoms with Gasteiger partial charge in [-0.2, -0.15) is 0 Å². The molecule has 3 aromatic rings. The molecule has 4 nitrogen and oxygen atoms in total. The molecule has 0 bridgehead atoms. The molecule has 0 saturated carbocycles. The zero-order valence-corrected chi connectivity index (χ0v) is 16.9. The Balaban J connectivity index is 1.91. The van der Waals surface area contributed by atoms with Gasteiger partial charge in [0.15, 0.2) is 0 Å². The number of carboxylic acids is 1. The maximum atomic E-state index is 14.1. The zero-order chi connectivity index (χ0) is 21.0. The van der Waals surface area contributed by atoms with E-state index in [9.17, 15) is 18.7 Å².